The zero-order chi connectivity index (χ0) is 11.7. The maximum absolute atomic E-state index is 5.82. The third-order valence-corrected chi connectivity index (χ3v) is 3.99. The highest BCUT2D eigenvalue weighted by atomic mass is 35.5. The molecule has 3 heterocycles. The van der Waals surface area contributed by atoms with Crippen molar-refractivity contribution in [3.63, 3.8) is 0 Å². The summed E-state index contributed by atoms with van der Waals surface area (Å²) in [6.07, 6.45) is 4.07. The maximum Gasteiger partial charge on any atom is 0.142 e. The van der Waals surface area contributed by atoms with Crippen molar-refractivity contribution in [2.75, 3.05) is 6.54 Å². The van der Waals surface area contributed by atoms with Crippen molar-refractivity contribution < 1.29 is 0 Å². The van der Waals surface area contributed by atoms with Crippen molar-refractivity contribution in [2.24, 2.45) is 0 Å². The van der Waals surface area contributed by atoms with Crippen LogP contribution in [-0.4, -0.2) is 16.5 Å². The average molecular weight is 266 g/mol. The minimum absolute atomic E-state index is 0.423. The number of nitrogens with zero attached hydrogens (tertiary/aromatic N) is 2. The van der Waals surface area contributed by atoms with Gasteiger partial charge in [-0.1, -0.05) is 11.6 Å². The van der Waals surface area contributed by atoms with Crippen LogP contribution in [0, 0.1) is 0 Å². The van der Waals surface area contributed by atoms with E-state index >= 15 is 0 Å². The molecule has 2 aromatic heterocycles. The molecule has 5 heteroatoms. The van der Waals surface area contributed by atoms with Gasteiger partial charge in [-0.25, -0.2) is 4.98 Å². The minimum Gasteiger partial charge on any atom is -0.309 e. The number of nitrogens with one attached hydrogen (secondary N) is 1. The number of hydrogen-bond donors (Lipinski definition) is 1. The third kappa shape index (κ3) is 2.34. The lowest BCUT2D eigenvalue weighted by Crippen LogP contribution is -2.12. The molecule has 3 rings (SSSR count). The number of pyridine rings is 1. The molecule has 0 bridgehead atoms. The highest BCUT2D eigenvalue weighted by Gasteiger charge is 2.19. The quantitative estimate of drug-likeness (QED) is 0.906. The van der Waals surface area contributed by atoms with Crippen molar-refractivity contribution >= 4 is 22.9 Å². The molecule has 1 atom stereocenters. The minimum atomic E-state index is 0.423. The Labute approximate surface area is 109 Å². The number of rotatable bonds is 2. The van der Waals surface area contributed by atoms with Crippen LogP contribution in [0.4, 0.5) is 0 Å². The van der Waals surface area contributed by atoms with Crippen molar-refractivity contribution in [3.05, 3.63) is 34.4 Å². The van der Waals surface area contributed by atoms with E-state index in [1.165, 1.54) is 12.8 Å². The molecule has 0 saturated carbocycles. The Balaban J connectivity index is 1.86. The molecule has 1 fully saturated rings. The van der Waals surface area contributed by atoms with Gasteiger partial charge in [0.1, 0.15) is 5.01 Å². The Morgan fingerprint density at radius 2 is 2.35 bits per heavy atom. The predicted octanol–water partition coefficient (Wildman–Crippen LogP) is 3.28. The van der Waals surface area contributed by atoms with Gasteiger partial charge in [0.2, 0.25) is 0 Å². The fraction of sp³-hybridized carbons (Fsp3) is 0.333. The van der Waals surface area contributed by atoms with Gasteiger partial charge in [-0.3, -0.25) is 4.98 Å². The summed E-state index contributed by atoms with van der Waals surface area (Å²) < 4.78 is 0. The fourth-order valence-electron chi connectivity index (χ4n) is 2.00. The summed E-state index contributed by atoms with van der Waals surface area (Å²) in [4.78, 5) is 8.93. The molecule has 1 aliphatic rings. The Morgan fingerprint density at radius 3 is 3.06 bits per heavy atom. The van der Waals surface area contributed by atoms with Gasteiger partial charge in [-0.15, -0.1) is 11.3 Å². The lowest BCUT2D eigenvalue weighted by Gasteiger charge is -2.04. The number of halogens is 1. The fourth-order valence-corrected chi connectivity index (χ4v) is 2.96. The number of aromatic nitrogens is 2. The maximum atomic E-state index is 5.82. The van der Waals surface area contributed by atoms with E-state index < -0.39 is 0 Å². The second-order valence-electron chi connectivity index (χ2n) is 4.09. The Bertz CT molecular complexity index is 503. The topological polar surface area (TPSA) is 37.8 Å². The summed E-state index contributed by atoms with van der Waals surface area (Å²) in [6.45, 7) is 1.09. The van der Waals surface area contributed by atoms with Crippen LogP contribution in [-0.2, 0) is 0 Å². The van der Waals surface area contributed by atoms with Crippen LogP contribution >= 0.6 is 22.9 Å². The molecule has 0 aliphatic carbocycles. The highest BCUT2D eigenvalue weighted by Crippen LogP contribution is 2.28. The van der Waals surface area contributed by atoms with Gasteiger partial charge in [0, 0.05) is 11.6 Å². The van der Waals surface area contributed by atoms with Crippen LogP contribution in [0.1, 0.15) is 24.6 Å². The molecular formula is C12H12ClN3S. The first-order chi connectivity index (χ1) is 8.33. The van der Waals surface area contributed by atoms with Crippen LogP contribution in [0.5, 0.6) is 0 Å². The summed E-state index contributed by atoms with van der Waals surface area (Å²) in [7, 11) is 0. The molecule has 3 nitrogen and oxygen atoms in total. The average Bonchev–Trinajstić information content (AvgIpc) is 3.00. The van der Waals surface area contributed by atoms with E-state index in [0.717, 1.165) is 22.9 Å². The molecule has 88 valence electrons. The zero-order valence-electron chi connectivity index (χ0n) is 9.19. The van der Waals surface area contributed by atoms with Gasteiger partial charge in [-0.05, 0) is 31.5 Å². The van der Waals surface area contributed by atoms with E-state index in [-0.39, 0.29) is 0 Å². The second-order valence-corrected chi connectivity index (χ2v) is 5.38. The molecule has 0 spiro atoms. The van der Waals surface area contributed by atoms with E-state index in [2.05, 4.69) is 20.7 Å². The van der Waals surface area contributed by atoms with Crippen molar-refractivity contribution in [2.45, 2.75) is 18.9 Å². The summed E-state index contributed by atoms with van der Waals surface area (Å²) in [5, 5.41) is 7.19. The highest BCUT2D eigenvalue weighted by molar-refractivity contribution is 7.13. The van der Waals surface area contributed by atoms with Crippen LogP contribution in [0.15, 0.2) is 23.7 Å². The van der Waals surface area contributed by atoms with Crippen molar-refractivity contribution in [1.82, 2.24) is 15.3 Å². The van der Waals surface area contributed by atoms with Crippen LogP contribution < -0.4 is 5.32 Å². The van der Waals surface area contributed by atoms with Crippen LogP contribution in [0.25, 0.3) is 10.7 Å². The first kappa shape index (κ1) is 11.1. The van der Waals surface area contributed by atoms with Crippen LogP contribution in [0.2, 0.25) is 5.02 Å². The second kappa shape index (κ2) is 4.72. The molecule has 0 amide bonds. The first-order valence-electron chi connectivity index (χ1n) is 5.64. The molecular weight excluding hydrogens is 254 g/mol. The van der Waals surface area contributed by atoms with Gasteiger partial charge in [0.05, 0.1) is 22.5 Å². The van der Waals surface area contributed by atoms with Gasteiger partial charge in [0.15, 0.2) is 0 Å². The largest absolute Gasteiger partial charge is 0.309 e. The predicted molar refractivity (Wildman–Crippen MR) is 70.3 cm³/mol. The lowest BCUT2D eigenvalue weighted by atomic mass is 10.2. The lowest BCUT2D eigenvalue weighted by molar-refractivity contribution is 0.632. The smallest absolute Gasteiger partial charge is 0.142 e. The summed E-state index contributed by atoms with van der Waals surface area (Å²) >= 11 is 7.46. The van der Waals surface area contributed by atoms with E-state index in [1.54, 1.807) is 17.5 Å². The van der Waals surface area contributed by atoms with E-state index in [9.17, 15) is 0 Å². The molecule has 1 N–H and O–H groups in total. The SMILES string of the molecule is Clc1ccc(-c2nc(C3CCCN3)cs2)nc1. The molecule has 1 aliphatic heterocycles. The van der Waals surface area contributed by atoms with E-state index in [0.29, 0.717) is 11.1 Å². The molecule has 2 aromatic rings. The zero-order valence-corrected chi connectivity index (χ0v) is 10.8. The van der Waals surface area contributed by atoms with Gasteiger partial charge in [-0.2, -0.15) is 0 Å². The normalized spacial score (nSPS) is 19.7. The van der Waals surface area contributed by atoms with Crippen molar-refractivity contribution in [1.29, 1.82) is 0 Å². The Hall–Kier alpha value is -0.970. The standard InChI is InChI=1S/C12H12ClN3S/c13-8-3-4-10(15-6-8)12-16-11(7-17-12)9-2-1-5-14-9/h3-4,6-7,9,14H,1-2,5H2. The first-order valence-corrected chi connectivity index (χ1v) is 6.89. The molecule has 1 saturated heterocycles. The molecule has 1 unspecified atom stereocenters. The van der Waals surface area contributed by atoms with Crippen molar-refractivity contribution in [3.8, 4) is 10.7 Å². The molecule has 0 aromatic carbocycles. The van der Waals surface area contributed by atoms with Gasteiger partial charge < -0.3 is 5.32 Å². The van der Waals surface area contributed by atoms with Gasteiger partial charge in [0.25, 0.3) is 0 Å². The van der Waals surface area contributed by atoms with E-state index in [4.69, 9.17) is 11.6 Å². The number of thiazole rings is 1. The Kier molecular flexibility index (Phi) is 3.09. The molecule has 17 heavy (non-hydrogen) atoms. The third-order valence-electron chi connectivity index (χ3n) is 2.89. The van der Waals surface area contributed by atoms with E-state index in [1.807, 2.05) is 12.1 Å². The summed E-state index contributed by atoms with van der Waals surface area (Å²) in [6, 6.07) is 4.18. The Morgan fingerprint density at radius 1 is 1.41 bits per heavy atom. The molecule has 0 radical (unpaired) electrons. The monoisotopic (exact) mass is 265 g/mol. The summed E-state index contributed by atoms with van der Waals surface area (Å²) in [5.41, 5.74) is 2.03. The van der Waals surface area contributed by atoms with Gasteiger partial charge >= 0.3 is 0 Å². The summed E-state index contributed by atoms with van der Waals surface area (Å²) in [5.74, 6) is 0. The number of hydrogen-bond acceptors (Lipinski definition) is 4. The van der Waals surface area contributed by atoms with Crippen LogP contribution in [0.3, 0.4) is 0 Å².